The van der Waals surface area contributed by atoms with Crippen LogP contribution >= 0.6 is 23.7 Å². The monoisotopic (exact) mass is 474 g/mol. The molecular formula is C22H23ClN4O4S. The van der Waals surface area contributed by atoms with Gasteiger partial charge in [-0.15, -0.1) is 12.4 Å². The van der Waals surface area contributed by atoms with E-state index in [2.05, 4.69) is 4.98 Å². The van der Waals surface area contributed by atoms with Gasteiger partial charge in [0.2, 0.25) is 5.91 Å². The Morgan fingerprint density at radius 1 is 1.06 bits per heavy atom. The maximum absolute atomic E-state index is 13.3. The number of hydrogen-bond acceptors (Lipinski definition) is 7. The summed E-state index contributed by atoms with van der Waals surface area (Å²) in [6.45, 7) is 0.651. The van der Waals surface area contributed by atoms with Crippen LogP contribution in [0.3, 0.4) is 0 Å². The van der Waals surface area contributed by atoms with Crippen molar-refractivity contribution >= 4 is 56.8 Å². The van der Waals surface area contributed by atoms with Gasteiger partial charge in [0.05, 0.1) is 28.5 Å². The SMILES string of the molecule is COc1ccc2sc(N(CCN(C)C)C(=O)CN3C(=O)c4ccccc4C3=O)nc2c1.Cl. The molecule has 3 amide bonds. The summed E-state index contributed by atoms with van der Waals surface area (Å²) in [5.74, 6) is -0.574. The first-order valence-corrected chi connectivity index (χ1v) is 10.6. The molecule has 0 bridgehead atoms. The zero-order valence-electron chi connectivity index (χ0n) is 17.9. The minimum atomic E-state index is -0.449. The van der Waals surface area contributed by atoms with E-state index in [-0.39, 0.29) is 24.9 Å². The Morgan fingerprint density at radius 2 is 1.72 bits per heavy atom. The van der Waals surface area contributed by atoms with Crippen LogP contribution in [0.1, 0.15) is 20.7 Å². The van der Waals surface area contributed by atoms with Crippen LogP contribution in [-0.4, -0.2) is 73.3 Å². The number of carbonyl (C=O) groups is 3. The molecule has 0 atom stereocenters. The van der Waals surface area contributed by atoms with Crippen molar-refractivity contribution in [2.45, 2.75) is 0 Å². The summed E-state index contributed by atoms with van der Waals surface area (Å²) in [5.41, 5.74) is 1.38. The number of aromatic nitrogens is 1. The van der Waals surface area contributed by atoms with E-state index in [0.717, 1.165) is 15.1 Å². The number of anilines is 1. The second-order valence-electron chi connectivity index (χ2n) is 7.42. The molecule has 32 heavy (non-hydrogen) atoms. The van der Waals surface area contributed by atoms with Crippen LogP contribution in [0.4, 0.5) is 5.13 Å². The molecule has 2 heterocycles. The first-order valence-electron chi connectivity index (χ1n) is 9.74. The third kappa shape index (κ3) is 4.45. The topological polar surface area (TPSA) is 83.0 Å². The molecule has 1 aromatic heterocycles. The van der Waals surface area contributed by atoms with Gasteiger partial charge in [-0.3, -0.25) is 24.2 Å². The highest BCUT2D eigenvalue weighted by molar-refractivity contribution is 7.22. The highest BCUT2D eigenvalue weighted by atomic mass is 35.5. The number of benzene rings is 2. The number of methoxy groups -OCH3 is 1. The van der Waals surface area contributed by atoms with Crippen LogP contribution in [0, 0.1) is 0 Å². The second-order valence-corrected chi connectivity index (χ2v) is 8.43. The van der Waals surface area contributed by atoms with Crippen LogP contribution in [0.5, 0.6) is 5.75 Å². The number of fused-ring (bicyclic) bond motifs is 2. The number of carbonyl (C=O) groups excluding carboxylic acids is 3. The molecule has 0 spiro atoms. The van der Waals surface area contributed by atoms with Gasteiger partial charge in [0.1, 0.15) is 12.3 Å². The summed E-state index contributed by atoms with van der Waals surface area (Å²) in [6.07, 6.45) is 0. The highest BCUT2D eigenvalue weighted by Crippen LogP contribution is 2.31. The molecule has 3 aromatic rings. The summed E-state index contributed by atoms with van der Waals surface area (Å²) in [7, 11) is 5.41. The molecule has 168 valence electrons. The van der Waals surface area contributed by atoms with Gasteiger partial charge in [-0.1, -0.05) is 23.5 Å². The van der Waals surface area contributed by atoms with Crippen LogP contribution < -0.4 is 9.64 Å². The first-order chi connectivity index (χ1) is 14.9. The van der Waals surface area contributed by atoms with Gasteiger partial charge in [-0.05, 0) is 38.4 Å². The molecule has 0 saturated heterocycles. The maximum atomic E-state index is 13.3. The van der Waals surface area contributed by atoms with Crippen LogP contribution in [0.15, 0.2) is 42.5 Å². The van der Waals surface area contributed by atoms with Crippen molar-refractivity contribution in [3.63, 3.8) is 0 Å². The van der Waals surface area contributed by atoms with E-state index in [1.807, 2.05) is 37.2 Å². The van der Waals surface area contributed by atoms with Crippen molar-refractivity contribution < 1.29 is 19.1 Å². The molecule has 1 aliphatic rings. The molecule has 1 aliphatic heterocycles. The predicted octanol–water partition coefficient (Wildman–Crippen LogP) is 2.92. The fourth-order valence-corrected chi connectivity index (χ4v) is 4.36. The molecular weight excluding hydrogens is 452 g/mol. The number of likely N-dealkylation sites (N-methyl/N-ethyl adjacent to an activating group) is 1. The summed E-state index contributed by atoms with van der Waals surface area (Å²) in [4.78, 5) is 47.7. The van der Waals surface area contributed by atoms with E-state index >= 15 is 0 Å². The van der Waals surface area contributed by atoms with E-state index in [9.17, 15) is 14.4 Å². The Kier molecular flexibility index (Phi) is 7.12. The second kappa shape index (κ2) is 9.64. The fraction of sp³-hybridized carbons (Fsp3) is 0.273. The number of nitrogens with zero attached hydrogens (tertiary/aromatic N) is 4. The quantitative estimate of drug-likeness (QED) is 0.490. The van der Waals surface area contributed by atoms with Crippen molar-refractivity contribution in [2.75, 3.05) is 45.7 Å². The number of imide groups is 1. The number of thiazole rings is 1. The third-order valence-corrected chi connectivity index (χ3v) is 6.12. The minimum Gasteiger partial charge on any atom is -0.497 e. The Balaban J connectivity index is 0.00000289. The summed E-state index contributed by atoms with van der Waals surface area (Å²) in [6, 6.07) is 12.2. The highest BCUT2D eigenvalue weighted by Gasteiger charge is 2.37. The lowest BCUT2D eigenvalue weighted by atomic mass is 10.1. The number of amides is 3. The third-order valence-electron chi connectivity index (χ3n) is 5.06. The smallest absolute Gasteiger partial charge is 0.262 e. The van der Waals surface area contributed by atoms with E-state index in [4.69, 9.17) is 4.74 Å². The van der Waals surface area contributed by atoms with Gasteiger partial charge in [0.25, 0.3) is 11.8 Å². The molecule has 10 heteroatoms. The average Bonchev–Trinajstić information content (AvgIpc) is 3.28. The lowest BCUT2D eigenvalue weighted by Gasteiger charge is -2.24. The number of hydrogen-bond donors (Lipinski definition) is 0. The normalized spacial score (nSPS) is 12.8. The summed E-state index contributed by atoms with van der Waals surface area (Å²) < 4.78 is 6.17. The molecule has 0 unspecified atom stereocenters. The largest absolute Gasteiger partial charge is 0.497 e. The maximum Gasteiger partial charge on any atom is 0.262 e. The standard InChI is InChI=1S/C22H22N4O4S.ClH/c1-24(2)10-11-25(22-23-17-12-14(30-3)8-9-18(17)31-22)19(27)13-26-20(28)15-6-4-5-7-16(15)21(26)29;/h4-9,12H,10-11,13H2,1-3H3;1H. The minimum absolute atomic E-state index is 0. The zero-order valence-corrected chi connectivity index (χ0v) is 19.5. The van der Waals surface area contributed by atoms with Gasteiger partial charge in [0, 0.05) is 19.2 Å². The fourth-order valence-electron chi connectivity index (χ4n) is 3.37. The summed E-state index contributed by atoms with van der Waals surface area (Å²) >= 11 is 1.38. The Bertz CT molecular complexity index is 1140. The van der Waals surface area contributed by atoms with E-state index in [1.54, 1.807) is 36.3 Å². The van der Waals surface area contributed by atoms with Crippen molar-refractivity contribution in [2.24, 2.45) is 0 Å². The lowest BCUT2D eigenvalue weighted by Crippen LogP contribution is -2.45. The molecule has 0 N–H and O–H groups in total. The molecule has 8 nitrogen and oxygen atoms in total. The van der Waals surface area contributed by atoms with E-state index in [0.29, 0.717) is 35.1 Å². The van der Waals surface area contributed by atoms with Crippen LogP contribution in [-0.2, 0) is 4.79 Å². The number of halogens is 1. The first kappa shape index (κ1) is 23.6. The number of rotatable bonds is 7. The van der Waals surface area contributed by atoms with Crippen LogP contribution in [0.25, 0.3) is 10.2 Å². The van der Waals surface area contributed by atoms with Crippen molar-refractivity contribution in [1.82, 2.24) is 14.8 Å². The Morgan fingerprint density at radius 3 is 2.31 bits per heavy atom. The summed E-state index contributed by atoms with van der Waals surface area (Å²) in [5, 5.41) is 0.520. The molecule has 2 aromatic carbocycles. The lowest BCUT2D eigenvalue weighted by molar-refractivity contribution is -0.119. The van der Waals surface area contributed by atoms with Gasteiger partial charge >= 0.3 is 0 Å². The van der Waals surface area contributed by atoms with Gasteiger partial charge in [0.15, 0.2) is 5.13 Å². The van der Waals surface area contributed by atoms with Crippen molar-refractivity contribution in [3.8, 4) is 5.75 Å². The van der Waals surface area contributed by atoms with Gasteiger partial charge < -0.3 is 9.64 Å². The van der Waals surface area contributed by atoms with Crippen molar-refractivity contribution in [3.05, 3.63) is 53.6 Å². The zero-order chi connectivity index (χ0) is 22.1. The predicted molar refractivity (Wildman–Crippen MR) is 126 cm³/mol. The van der Waals surface area contributed by atoms with Gasteiger partial charge in [-0.2, -0.15) is 0 Å². The molecule has 4 rings (SSSR count). The van der Waals surface area contributed by atoms with E-state index in [1.165, 1.54) is 11.3 Å². The molecule has 0 radical (unpaired) electrons. The molecule has 0 saturated carbocycles. The average molecular weight is 475 g/mol. The molecule has 0 fully saturated rings. The van der Waals surface area contributed by atoms with Crippen LogP contribution in [0.2, 0.25) is 0 Å². The Labute approximate surface area is 195 Å². The van der Waals surface area contributed by atoms with E-state index < -0.39 is 11.8 Å². The van der Waals surface area contributed by atoms with Crippen molar-refractivity contribution in [1.29, 1.82) is 0 Å². The molecule has 0 aliphatic carbocycles. The number of ether oxygens (including phenoxy) is 1. The van der Waals surface area contributed by atoms with Gasteiger partial charge in [-0.25, -0.2) is 4.98 Å². The Hall–Kier alpha value is -3.01.